The monoisotopic (exact) mass is 354 g/mol. The van der Waals surface area contributed by atoms with Gasteiger partial charge in [-0.25, -0.2) is 0 Å². The van der Waals surface area contributed by atoms with Crippen LogP contribution in [-0.2, 0) is 0 Å². The summed E-state index contributed by atoms with van der Waals surface area (Å²) in [6.45, 7) is 1.14. The Kier molecular flexibility index (Phi) is 4.78. The number of nitrogens with zero attached hydrogens (tertiary/aromatic N) is 1. The normalized spacial score (nSPS) is 24.0. The number of fused-ring (bicyclic) bond motifs is 1. The van der Waals surface area contributed by atoms with Crippen LogP contribution in [0.3, 0.4) is 0 Å². The maximum atomic E-state index is 12.9. The zero-order valence-electron chi connectivity index (χ0n) is 14.2. The number of rotatable bonds is 4. The van der Waals surface area contributed by atoms with E-state index in [1.807, 2.05) is 30.3 Å². The highest BCUT2D eigenvalue weighted by Gasteiger charge is 2.41. The largest absolute Gasteiger partial charge is 0.344 e. The molecule has 2 fully saturated rings. The Morgan fingerprint density at radius 3 is 2.60 bits per heavy atom. The molecule has 2 aliphatic heterocycles. The Morgan fingerprint density at radius 1 is 1.04 bits per heavy atom. The number of benzene rings is 2. The molecule has 25 heavy (non-hydrogen) atoms. The minimum absolute atomic E-state index is 0.00641. The lowest BCUT2D eigenvalue weighted by atomic mass is 9.96. The highest BCUT2D eigenvalue weighted by atomic mass is 35.5. The van der Waals surface area contributed by atoms with Gasteiger partial charge in [-0.3, -0.25) is 9.69 Å². The Bertz CT molecular complexity index is 749. The van der Waals surface area contributed by atoms with E-state index >= 15 is 0 Å². The fourth-order valence-corrected chi connectivity index (χ4v) is 4.64. The van der Waals surface area contributed by atoms with Crippen LogP contribution in [0.15, 0.2) is 54.6 Å². The highest BCUT2D eigenvalue weighted by Crippen LogP contribution is 2.38. The topological polar surface area (TPSA) is 32.3 Å². The number of hydrogen-bond acceptors (Lipinski definition) is 2. The van der Waals surface area contributed by atoms with Crippen LogP contribution in [0, 0.1) is 0 Å². The van der Waals surface area contributed by atoms with Crippen molar-refractivity contribution < 1.29 is 4.79 Å². The van der Waals surface area contributed by atoms with Crippen molar-refractivity contribution in [2.24, 2.45) is 0 Å². The van der Waals surface area contributed by atoms with Crippen LogP contribution in [0.25, 0.3) is 0 Å². The zero-order valence-corrected chi connectivity index (χ0v) is 15.0. The summed E-state index contributed by atoms with van der Waals surface area (Å²) in [5.41, 5.74) is 1.71. The van der Waals surface area contributed by atoms with Crippen molar-refractivity contribution in [3.63, 3.8) is 0 Å². The molecule has 4 heteroatoms. The van der Waals surface area contributed by atoms with Gasteiger partial charge in [-0.1, -0.05) is 54.1 Å². The molecule has 1 amide bonds. The summed E-state index contributed by atoms with van der Waals surface area (Å²) >= 11 is 6.23. The van der Waals surface area contributed by atoms with E-state index < -0.39 is 0 Å². The first-order valence-corrected chi connectivity index (χ1v) is 9.48. The molecule has 0 saturated carbocycles. The third kappa shape index (κ3) is 3.31. The fraction of sp³-hybridized carbons (Fsp3) is 0.381. The van der Waals surface area contributed by atoms with Gasteiger partial charge in [0.05, 0.1) is 16.6 Å². The lowest BCUT2D eigenvalue weighted by Crippen LogP contribution is -2.43. The molecule has 3 atom stereocenters. The van der Waals surface area contributed by atoms with Crippen LogP contribution in [0.1, 0.15) is 47.6 Å². The first kappa shape index (κ1) is 16.6. The predicted octanol–water partition coefficient (Wildman–Crippen LogP) is 4.44. The Morgan fingerprint density at radius 2 is 1.80 bits per heavy atom. The summed E-state index contributed by atoms with van der Waals surface area (Å²) in [7, 11) is 0. The third-order valence-corrected chi connectivity index (χ3v) is 5.92. The minimum atomic E-state index is -0.0953. The molecular weight excluding hydrogens is 332 g/mol. The Labute approximate surface area is 154 Å². The lowest BCUT2D eigenvalue weighted by molar-refractivity contribution is 0.0904. The minimum Gasteiger partial charge on any atom is -0.344 e. The molecule has 2 aromatic rings. The van der Waals surface area contributed by atoms with Crippen molar-refractivity contribution in [1.82, 2.24) is 10.2 Å². The van der Waals surface area contributed by atoms with Crippen LogP contribution >= 0.6 is 11.6 Å². The van der Waals surface area contributed by atoms with Gasteiger partial charge in [0.2, 0.25) is 0 Å². The SMILES string of the molecule is O=C(NC(c1ccccc1)C1CCC2CCCN21)c1ccccc1Cl. The van der Waals surface area contributed by atoms with E-state index in [1.54, 1.807) is 12.1 Å². The van der Waals surface area contributed by atoms with Crippen molar-refractivity contribution in [1.29, 1.82) is 0 Å². The molecule has 2 saturated heterocycles. The summed E-state index contributed by atoms with van der Waals surface area (Å²) in [5, 5.41) is 3.78. The quantitative estimate of drug-likeness (QED) is 0.880. The van der Waals surface area contributed by atoms with Crippen molar-refractivity contribution >= 4 is 17.5 Å². The Balaban J connectivity index is 1.62. The van der Waals surface area contributed by atoms with Gasteiger partial charge in [-0.05, 0) is 49.9 Å². The van der Waals surface area contributed by atoms with E-state index in [2.05, 4.69) is 22.3 Å². The van der Waals surface area contributed by atoms with Crippen molar-refractivity contribution in [2.75, 3.05) is 6.54 Å². The van der Waals surface area contributed by atoms with Crippen LogP contribution in [-0.4, -0.2) is 29.4 Å². The molecule has 0 bridgehead atoms. The number of hydrogen-bond donors (Lipinski definition) is 1. The second-order valence-corrected chi connectivity index (χ2v) is 7.43. The first-order valence-electron chi connectivity index (χ1n) is 9.10. The maximum absolute atomic E-state index is 12.9. The fourth-order valence-electron chi connectivity index (χ4n) is 4.42. The molecule has 3 nitrogen and oxygen atoms in total. The van der Waals surface area contributed by atoms with Gasteiger partial charge in [0, 0.05) is 12.1 Å². The molecule has 4 rings (SSSR count). The summed E-state index contributed by atoms with van der Waals surface area (Å²) < 4.78 is 0. The number of carbonyl (C=O) groups excluding carboxylic acids is 1. The van der Waals surface area contributed by atoms with Crippen molar-refractivity contribution in [2.45, 2.75) is 43.8 Å². The van der Waals surface area contributed by atoms with Crippen molar-refractivity contribution in [3.8, 4) is 0 Å². The van der Waals surface area contributed by atoms with Gasteiger partial charge >= 0.3 is 0 Å². The highest BCUT2D eigenvalue weighted by molar-refractivity contribution is 6.33. The number of halogens is 1. The zero-order chi connectivity index (χ0) is 17.2. The third-order valence-electron chi connectivity index (χ3n) is 5.59. The molecule has 0 radical (unpaired) electrons. The van der Waals surface area contributed by atoms with Crippen molar-refractivity contribution in [3.05, 3.63) is 70.7 Å². The van der Waals surface area contributed by atoms with Crippen LogP contribution in [0.2, 0.25) is 5.02 Å². The van der Waals surface area contributed by atoms with E-state index in [-0.39, 0.29) is 11.9 Å². The molecule has 0 spiro atoms. The molecule has 130 valence electrons. The molecular formula is C21H23ClN2O. The molecule has 2 aliphatic rings. The molecule has 2 aromatic carbocycles. The first-order chi connectivity index (χ1) is 12.2. The molecule has 0 aliphatic carbocycles. The van der Waals surface area contributed by atoms with Gasteiger partial charge in [0.25, 0.3) is 5.91 Å². The molecule has 3 unspecified atom stereocenters. The van der Waals surface area contributed by atoms with E-state index in [9.17, 15) is 4.79 Å². The number of amides is 1. The van der Waals surface area contributed by atoms with Crippen LogP contribution < -0.4 is 5.32 Å². The second kappa shape index (κ2) is 7.19. The summed E-state index contributed by atoms with van der Waals surface area (Å²) in [6, 6.07) is 18.6. The Hall–Kier alpha value is -1.84. The number of carbonyl (C=O) groups is 1. The van der Waals surface area contributed by atoms with Crippen LogP contribution in [0.4, 0.5) is 0 Å². The van der Waals surface area contributed by atoms with E-state index in [0.717, 1.165) is 13.0 Å². The summed E-state index contributed by atoms with van der Waals surface area (Å²) in [4.78, 5) is 15.5. The predicted molar refractivity (Wildman–Crippen MR) is 101 cm³/mol. The lowest BCUT2D eigenvalue weighted by Gasteiger charge is -2.32. The average molecular weight is 355 g/mol. The van der Waals surface area contributed by atoms with E-state index in [4.69, 9.17) is 11.6 Å². The van der Waals surface area contributed by atoms with E-state index in [0.29, 0.717) is 22.7 Å². The maximum Gasteiger partial charge on any atom is 0.253 e. The van der Waals surface area contributed by atoms with Gasteiger partial charge in [0.1, 0.15) is 0 Å². The van der Waals surface area contributed by atoms with Gasteiger partial charge in [-0.15, -0.1) is 0 Å². The average Bonchev–Trinajstić information content (AvgIpc) is 3.24. The molecule has 2 heterocycles. The number of nitrogens with one attached hydrogen (secondary N) is 1. The standard InChI is InChI=1S/C21H23ClN2O/c22-18-11-5-4-10-17(18)21(25)23-20(15-7-2-1-3-8-15)19-13-12-16-9-6-14-24(16)19/h1-5,7-8,10-11,16,19-20H,6,9,12-14H2,(H,23,25). The van der Waals surface area contributed by atoms with Crippen LogP contribution in [0.5, 0.6) is 0 Å². The summed E-state index contributed by atoms with van der Waals surface area (Å²) in [5.74, 6) is -0.0953. The van der Waals surface area contributed by atoms with Gasteiger partial charge in [0.15, 0.2) is 0 Å². The smallest absolute Gasteiger partial charge is 0.253 e. The summed E-state index contributed by atoms with van der Waals surface area (Å²) in [6.07, 6.45) is 4.92. The van der Waals surface area contributed by atoms with Gasteiger partial charge < -0.3 is 5.32 Å². The molecule has 1 N–H and O–H groups in total. The second-order valence-electron chi connectivity index (χ2n) is 7.02. The van der Waals surface area contributed by atoms with E-state index in [1.165, 1.54) is 24.8 Å². The van der Waals surface area contributed by atoms with Gasteiger partial charge in [-0.2, -0.15) is 0 Å². The molecule has 0 aromatic heterocycles.